The third-order valence-corrected chi connectivity index (χ3v) is 3.77. The summed E-state index contributed by atoms with van der Waals surface area (Å²) >= 11 is 0. The summed E-state index contributed by atoms with van der Waals surface area (Å²) in [5.41, 5.74) is 3.18. The van der Waals surface area contributed by atoms with Crippen molar-refractivity contribution in [3.63, 3.8) is 0 Å². The van der Waals surface area contributed by atoms with Crippen LogP contribution in [0.1, 0.15) is 16.1 Å². The largest absolute Gasteiger partial charge is 0.477 e. The lowest BCUT2D eigenvalue weighted by Crippen LogP contribution is -2.08. The van der Waals surface area contributed by atoms with Gasteiger partial charge >= 0.3 is 5.97 Å². The minimum Gasteiger partial charge on any atom is -0.477 e. The Labute approximate surface area is 136 Å². The predicted octanol–water partition coefficient (Wildman–Crippen LogP) is 3.03. The molecule has 0 fully saturated rings. The third kappa shape index (κ3) is 2.23. The standard InChI is InChI=1S/C17H13N5O2/c1-10-2-4-11(5-3-10)20-17-21-13-6-7-18-8-12(13)15-19-9-14(16(23)24)22(15)17/h2-9H,1H3,(H,20,21)(H,23,24). The molecule has 7 heteroatoms. The van der Waals surface area contributed by atoms with Gasteiger partial charge in [0.1, 0.15) is 0 Å². The molecule has 0 radical (unpaired) electrons. The maximum atomic E-state index is 11.5. The minimum absolute atomic E-state index is 0.0397. The molecule has 0 amide bonds. The number of carbonyl (C=O) groups is 1. The quantitative estimate of drug-likeness (QED) is 0.603. The van der Waals surface area contributed by atoms with Gasteiger partial charge in [-0.3, -0.25) is 9.38 Å². The van der Waals surface area contributed by atoms with E-state index in [1.807, 2.05) is 31.2 Å². The van der Waals surface area contributed by atoms with E-state index in [-0.39, 0.29) is 5.69 Å². The van der Waals surface area contributed by atoms with Gasteiger partial charge in [0, 0.05) is 18.1 Å². The van der Waals surface area contributed by atoms with E-state index in [2.05, 4.69) is 20.3 Å². The third-order valence-electron chi connectivity index (χ3n) is 3.77. The molecule has 0 unspecified atom stereocenters. The summed E-state index contributed by atoms with van der Waals surface area (Å²) in [5.74, 6) is -0.679. The minimum atomic E-state index is -1.07. The van der Waals surface area contributed by atoms with Crippen molar-refractivity contribution in [2.24, 2.45) is 0 Å². The Morgan fingerprint density at radius 2 is 1.96 bits per heavy atom. The van der Waals surface area contributed by atoms with Gasteiger partial charge in [-0.2, -0.15) is 0 Å². The number of aromatic carboxylic acids is 1. The monoisotopic (exact) mass is 319 g/mol. The van der Waals surface area contributed by atoms with E-state index >= 15 is 0 Å². The summed E-state index contributed by atoms with van der Waals surface area (Å²) in [6.07, 6.45) is 4.60. The molecule has 0 saturated heterocycles. The average Bonchev–Trinajstić information content (AvgIpc) is 3.03. The van der Waals surface area contributed by atoms with Crippen molar-refractivity contribution in [3.8, 4) is 0 Å². The zero-order valence-electron chi connectivity index (χ0n) is 12.8. The lowest BCUT2D eigenvalue weighted by Gasteiger charge is -2.11. The van der Waals surface area contributed by atoms with Crippen molar-refractivity contribution in [2.75, 3.05) is 5.32 Å². The molecule has 0 spiro atoms. The SMILES string of the molecule is Cc1ccc(Nc2nc3ccncc3c3ncc(C(=O)O)n23)cc1. The van der Waals surface area contributed by atoms with Crippen molar-refractivity contribution >= 4 is 34.2 Å². The van der Waals surface area contributed by atoms with Crippen LogP contribution in [0, 0.1) is 6.92 Å². The van der Waals surface area contributed by atoms with Crippen LogP contribution >= 0.6 is 0 Å². The first kappa shape index (κ1) is 14.1. The number of imidazole rings is 1. The summed E-state index contributed by atoms with van der Waals surface area (Å²) in [4.78, 5) is 24.4. The number of pyridine rings is 1. The molecule has 24 heavy (non-hydrogen) atoms. The molecule has 0 saturated carbocycles. The van der Waals surface area contributed by atoms with Gasteiger partial charge in [0.2, 0.25) is 5.95 Å². The number of carboxylic acid groups (broad SMARTS) is 1. The van der Waals surface area contributed by atoms with Gasteiger partial charge in [-0.1, -0.05) is 17.7 Å². The highest BCUT2D eigenvalue weighted by Crippen LogP contribution is 2.24. The van der Waals surface area contributed by atoms with Crippen LogP contribution < -0.4 is 5.32 Å². The van der Waals surface area contributed by atoms with Crippen molar-refractivity contribution in [1.82, 2.24) is 19.4 Å². The molecule has 0 aliphatic rings. The summed E-state index contributed by atoms with van der Waals surface area (Å²) in [5, 5.41) is 13.3. The summed E-state index contributed by atoms with van der Waals surface area (Å²) < 4.78 is 1.49. The molecule has 0 atom stereocenters. The first-order valence-corrected chi connectivity index (χ1v) is 7.31. The molecule has 0 aliphatic carbocycles. The lowest BCUT2D eigenvalue weighted by atomic mass is 10.2. The second-order valence-corrected chi connectivity index (χ2v) is 5.43. The van der Waals surface area contributed by atoms with Gasteiger partial charge in [-0.25, -0.2) is 14.8 Å². The molecular formula is C17H13N5O2. The van der Waals surface area contributed by atoms with Crippen molar-refractivity contribution in [2.45, 2.75) is 6.92 Å². The van der Waals surface area contributed by atoms with Crippen molar-refractivity contribution in [1.29, 1.82) is 0 Å². The van der Waals surface area contributed by atoms with Crippen LogP contribution in [0.25, 0.3) is 16.6 Å². The molecule has 4 aromatic rings. The molecule has 3 aromatic heterocycles. The van der Waals surface area contributed by atoms with Crippen LogP contribution in [0.2, 0.25) is 0 Å². The first-order valence-electron chi connectivity index (χ1n) is 7.31. The average molecular weight is 319 g/mol. The zero-order valence-corrected chi connectivity index (χ0v) is 12.8. The number of hydrogen-bond donors (Lipinski definition) is 2. The Balaban J connectivity index is 1.98. The molecule has 3 heterocycles. The smallest absolute Gasteiger partial charge is 0.354 e. The maximum absolute atomic E-state index is 11.5. The van der Waals surface area contributed by atoms with Gasteiger partial charge in [0.15, 0.2) is 11.3 Å². The van der Waals surface area contributed by atoms with Crippen LogP contribution in [0.4, 0.5) is 11.6 Å². The number of anilines is 2. The molecule has 2 N–H and O–H groups in total. The maximum Gasteiger partial charge on any atom is 0.354 e. The predicted molar refractivity (Wildman–Crippen MR) is 89.7 cm³/mol. The van der Waals surface area contributed by atoms with Gasteiger partial charge in [0.25, 0.3) is 0 Å². The number of rotatable bonds is 3. The summed E-state index contributed by atoms with van der Waals surface area (Å²) in [6, 6.07) is 9.53. The van der Waals surface area contributed by atoms with Crippen molar-refractivity contribution in [3.05, 3.63) is 60.2 Å². The van der Waals surface area contributed by atoms with E-state index in [1.54, 1.807) is 18.5 Å². The molecule has 4 rings (SSSR count). The molecule has 7 nitrogen and oxygen atoms in total. The molecule has 0 bridgehead atoms. The number of carboxylic acids is 1. The second kappa shape index (κ2) is 5.31. The highest BCUT2D eigenvalue weighted by Gasteiger charge is 2.17. The highest BCUT2D eigenvalue weighted by molar-refractivity contribution is 5.95. The van der Waals surface area contributed by atoms with Crippen LogP contribution in [-0.2, 0) is 0 Å². The molecular weight excluding hydrogens is 306 g/mol. The van der Waals surface area contributed by atoms with E-state index < -0.39 is 5.97 Å². The van der Waals surface area contributed by atoms with E-state index in [9.17, 15) is 9.90 Å². The number of nitrogens with zero attached hydrogens (tertiary/aromatic N) is 4. The zero-order chi connectivity index (χ0) is 16.7. The van der Waals surface area contributed by atoms with E-state index in [0.29, 0.717) is 22.5 Å². The molecule has 1 aromatic carbocycles. The number of aromatic nitrogens is 4. The fraction of sp³-hybridized carbons (Fsp3) is 0.0588. The Morgan fingerprint density at radius 1 is 1.17 bits per heavy atom. The Hall–Kier alpha value is -3.48. The number of nitrogens with one attached hydrogen (secondary N) is 1. The topological polar surface area (TPSA) is 92.4 Å². The van der Waals surface area contributed by atoms with Crippen LogP contribution in [0.5, 0.6) is 0 Å². The second-order valence-electron chi connectivity index (χ2n) is 5.43. The Kier molecular flexibility index (Phi) is 3.13. The van der Waals surface area contributed by atoms with E-state index in [1.165, 1.54) is 10.6 Å². The van der Waals surface area contributed by atoms with Crippen molar-refractivity contribution < 1.29 is 9.90 Å². The number of fused-ring (bicyclic) bond motifs is 3. The first-order chi connectivity index (χ1) is 11.6. The van der Waals surface area contributed by atoms with Crippen LogP contribution in [0.3, 0.4) is 0 Å². The highest BCUT2D eigenvalue weighted by atomic mass is 16.4. The normalized spacial score (nSPS) is 11.0. The van der Waals surface area contributed by atoms with Gasteiger partial charge in [-0.15, -0.1) is 0 Å². The Bertz CT molecular complexity index is 1070. The van der Waals surface area contributed by atoms with E-state index in [4.69, 9.17) is 0 Å². The lowest BCUT2D eigenvalue weighted by molar-refractivity contribution is 0.0689. The molecule has 0 aliphatic heterocycles. The van der Waals surface area contributed by atoms with Gasteiger partial charge in [0.05, 0.1) is 17.1 Å². The van der Waals surface area contributed by atoms with Gasteiger partial charge in [-0.05, 0) is 25.1 Å². The number of benzene rings is 1. The summed E-state index contributed by atoms with van der Waals surface area (Å²) in [6.45, 7) is 2.00. The fourth-order valence-electron chi connectivity index (χ4n) is 2.58. The number of aryl methyl sites for hydroxylation is 1. The van der Waals surface area contributed by atoms with Crippen LogP contribution in [-0.4, -0.2) is 30.4 Å². The fourth-order valence-corrected chi connectivity index (χ4v) is 2.58. The van der Waals surface area contributed by atoms with Gasteiger partial charge < -0.3 is 10.4 Å². The van der Waals surface area contributed by atoms with E-state index in [0.717, 1.165) is 11.3 Å². The van der Waals surface area contributed by atoms with Crippen LogP contribution in [0.15, 0.2) is 48.9 Å². The Morgan fingerprint density at radius 3 is 2.71 bits per heavy atom. The number of hydrogen-bond acceptors (Lipinski definition) is 5. The summed E-state index contributed by atoms with van der Waals surface area (Å²) in [7, 11) is 0. The molecule has 118 valence electrons.